The van der Waals surface area contributed by atoms with Crippen LogP contribution in [-0.2, 0) is 0 Å². The summed E-state index contributed by atoms with van der Waals surface area (Å²) in [7, 11) is 1.45. The monoisotopic (exact) mass is 188 g/mol. The maximum Gasteiger partial charge on any atom is 0.0202 e. The highest BCUT2D eigenvalue weighted by Gasteiger charge is 2.01. The molecule has 0 spiro atoms. The fraction of sp³-hybridized carbons (Fsp3) is 1.00. The van der Waals surface area contributed by atoms with Gasteiger partial charge >= 0.3 is 0 Å². The summed E-state index contributed by atoms with van der Waals surface area (Å²) in [6.07, 6.45) is 7.36. The highest BCUT2D eigenvalue weighted by molar-refractivity contribution is 7.03. The molecule has 0 fully saturated rings. The van der Waals surface area contributed by atoms with E-state index in [0.717, 1.165) is 0 Å². The average Bonchev–Trinajstić information content (AvgIpc) is 2.01. The summed E-state index contributed by atoms with van der Waals surface area (Å²) < 4.78 is 0. The predicted octanol–water partition coefficient (Wildman–Crippen LogP) is 2.07. The lowest BCUT2D eigenvalue weighted by Gasteiger charge is -2.07. The summed E-state index contributed by atoms with van der Waals surface area (Å²) in [5, 5.41) is 0. The van der Waals surface area contributed by atoms with Crippen molar-refractivity contribution in [2.75, 3.05) is 0 Å². The van der Waals surface area contributed by atoms with Gasteiger partial charge in [-0.25, -0.2) is 0 Å². The van der Waals surface area contributed by atoms with Gasteiger partial charge in [-0.2, -0.15) is 0 Å². The van der Waals surface area contributed by atoms with E-state index in [-0.39, 0.29) is 8.31 Å². The second-order valence-corrected chi connectivity index (χ2v) is 12.0. The van der Waals surface area contributed by atoms with Crippen LogP contribution < -0.4 is 0 Å². The lowest BCUT2D eigenvalue weighted by atomic mass is 10.3. The largest absolute Gasteiger partial charge is 0.0654 e. The molecule has 0 bridgehead atoms. The predicted molar refractivity (Wildman–Crippen MR) is 61.1 cm³/mol. The fourth-order valence-corrected chi connectivity index (χ4v) is 6.27. The van der Waals surface area contributed by atoms with Gasteiger partial charge in [0.2, 0.25) is 0 Å². The van der Waals surface area contributed by atoms with Crippen LogP contribution in [0.25, 0.3) is 0 Å². The number of hydrogen-bond donors (Lipinski definition) is 0. The summed E-state index contributed by atoms with van der Waals surface area (Å²) in [5.74, 6) is 0. The Labute approximate surface area is 76.6 Å². The maximum absolute atomic E-state index is 2.31. The van der Waals surface area contributed by atoms with Crippen LogP contribution in [0.3, 0.4) is 0 Å². The van der Waals surface area contributed by atoms with Crippen LogP contribution in [0.2, 0.25) is 12.1 Å². The van der Waals surface area contributed by atoms with Gasteiger partial charge in [-0.05, 0) is 9.76 Å². The lowest BCUT2D eigenvalue weighted by Crippen LogP contribution is -2.11. The van der Waals surface area contributed by atoms with E-state index >= 15 is 0 Å². The Balaban J connectivity index is 3.02. The van der Waals surface area contributed by atoms with Crippen molar-refractivity contribution in [2.24, 2.45) is 0 Å². The third kappa shape index (κ3) is 8.34. The molecule has 11 heavy (non-hydrogen) atoms. The molecule has 0 aromatic rings. The molecule has 1 unspecified atom stereocenters. The SMILES string of the molecule is CCCCC[SiH]([SiH3])CCCC. The van der Waals surface area contributed by atoms with E-state index in [0.29, 0.717) is 0 Å². The summed E-state index contributed by atoms with van der Waals surface area (Å²) in [6, 6.07) is 3.30. The van der Waals surface area contributed by atoms with E-state index in [9.17, 15) is 0 Å². The molecular formula is C9H24Si2. The van der Waals surface area contributed by atoms with Crippen LogP contribution in [0.1, 0.15) is 46.0 Å². The van der Waals surface area contributed by atoms with Crippen LogP contribution >= 0.6 is 0 Å². The van der Waals surface area contributed by atoms with Crippen LogP contribution in [0.4, 0.5) is 0 Å². The molecule has 68 valence electrons. The summed E-state index contributed by atoms with van der Waals surface area (Å²) in [5.41, 5.74) is 0. The smallest absolute Gasteiger partial charge is 0.0202 e. The minimum absolute atomic E-state index is 0.113. The Kier molecular flexibility index (Phi) is 8.87. The summed E-state index contributed by atoms with van der Waals surface area (Å²) >= 11 is 0. The molecule has 0 N–H and O–H groups in total. The van der Waals surface area contributed by atoms with Gasteiger partial charge in [0.15, 0.2) is 0 Å². The molecule has 0 nitrogen and oxygen atoms in total. The van der Waals surface area contributed by atoms with Gasteiger partial charge in [0.1, 0.15) is 0 Å². The molecule has 0 heterocycles. The maximum atomic E-state index is 2.31. The molecule has 0 aromatic heterocycles. The third-order valence-corrected chi connectivity index (χ3v) is 8.60. The fourth-order valence-electron chi connectivity index (χ4n) is 1.44. The molecule has 2 heteroatoms. The van der Waals surface area contributed by atoms with Gasteiger partial charge < -0.3 is 0 Å². The second-order valence-electron chi connectivity index (χ2n) is 3.74. The van der Waals surface area contributed by atoms with E-state index < -0.39 is 0 Å². The zero-order valence-corrected chi connectivity index (χ0v) is 11.7. The van der Waals surface area contributed by atoms with Gasteiger partial charge in [0, 0.05) is 8.31 Å². The molecule has 0 rings (SSSR count). The van der Waals surface area contributed by atoms with Crippen LogP contribution in [0, 0.1) is 0 Å². The topological polar surface area (TPSA) is 0 Å². The van der Waals surface area contributed by atoms with Crippen LogP contribution in [-0.4, -0.2) is 18.1 Å². The molecule has 0 amide bonds. The average molecular weight is 188 g/mol. The first-order chi connectivity index (χ1) is 5.31. The van der Waals surface area contributed by atoms with Gasteiger partial charge in [0.25, 0.3) is 0 Å². The third-order valence-electron chi connectivity index (χ3n) is 2.35. The van der Waals surface area contributed by atoms with Crippen molar-refractivity contribution >= 4 is 18.1 Å². The second kappa shape index (κ2) is 8.53. The van der Waals surface area contributed by atoms with Gasteiger partial charge in [-0.3, -0.25) is 0 Å². The number of hydrogen-bond acceptors (Lipinski definition) is 0. The van der Waals surface area contributed by atoms with Crippen molar-refractivity contribution < 1.29 is 0 Å². The molecule has 0 aliphatic heterocycles. The van der Waals surface area contributed by atoms with Gasteiger partial charge in [-0.1, -0.05) is 58.0 Å². The standard InChI is InChI=1S/C9H24Si2/c1-3-5-7-9-11(10)8-6-4-2/h11H,3-9H2,1-2,10H3. The Morgan fingerprint density at radius 3 is 2.00 bits per heavy atom. The molecule has 0 aliphatic carbocycles. The van der Waals surface area contributed by atoms with Gasteiger partial charge in [-0.15, -0.1) is 0 Å². The van der Waals surface area contributed by atoms with Crippen molar-refractivity contribution in [2.45, 2.75) is 58.0 Å². The highest BCUT2D eigenvalue weighted by atomic mass is 29.1. The Morgan fingerprint density at radius 1 is 0.909 bits per heavy atom. The minimum atomic E-state index is -0.113. The normalized spacial score (nSPS) is 13.6. The van der Waals surface area contributed by atoms with E-state index in [1.54, 1.807) is 28.3 Å². The van der Waals surface area contributed by atoms with E-state index in [2.05, 4.69) is 13.8 Å². The molecule has 0 aromatic carbocycles. The Hall–Kier alpha value is 0.434. The van der Waals surface area contributed by atoms with Gasteiger partial charge in [0.05, 0.1) is 0 Å². The summed E-state index contributed by atoms with van der Waals surface area (Å²) in [6.45, 7) is 4.62. The zero-order chi connectivity index (χ0) is 8.53. The Bertz CT molecular complexity index is 74.0. The zero-order valence-electron chi connectivity index (χ0n) is 8.53. The van der Waals surface area contributed by atoms with Crippen molar-refractivity contribution in [3.05, 3.63) is 0 Å². The van der Waals surface area contributed by atoms with E-state index in [1.807, 2.05) is 0 Å². The van der Waals surface area contributed by atoms with Crippen LogP contribution in [0.15, 0.2) is 0 Å². The quantitative estimate of drug-likeness (QED) is 0.424. The number of unbranched alkanes of at least 4 members (excludes halogenated alkanes) is 3. The first-order valence-electron chi connectivity index (χ1n) is 5.31. The van der Waals surface area contributed by atoms with E-state index in [1.165, 1.54) is 25.7 Å². The molecule has 1 atom stereocenters. The molecule has 0 radical (unpaired) electrons. The molecule has 0 saturated carbocycles. The van der Waals surface area contributed by atoms with Crippen molar-refractivity contribution in [3.63, 3.8) is 0 Å². The lowest BCUT2D eigenvalue weighted by molar-refractivity contribution is 0.764. The Morgan fingerprint density at radius 2 is 1.45 bits per heavy atom. The van der Waals surface area contributed by atoms with E-state index in [4.69, 9.17) is 0 Å². The van der Waals surface area contributed by atoms with Crippen molar-refractivity contribution in [3.8, 4) is 0 Å². The van der Waals surface area contributed by atoms with Crippen LogP contribution in [0.5, 0.6) is 0 Å². The molecule has 0 saturated heterocycles. The van der Waals surface area contributed by atoms with Crippen molar-refractivity contribution in [1.82, 2.24) is 0 Å². The molecule has 0 aliphatic rings. The first-order valence-corrected chi connectivity index (χ1v) is 11.6. The first kappa shape index (κ1) is 11.4. The molecular weight excluding hydrogens is 164 g/mol. The van der Waals surface area contributed by atoms with Crippen molar-refractivity contribution in [1.29, 1.82) is 0 Å². The number of rotatable bonds is 7. The summed E-state index contributed by atoms with van der Waals surface area (Å²) in [4.78, 5) is 0. The minimum Gasteiger partial charge on any atom is -0.0654 e. The highest BCUT2D eigenvalue weighted by Crippen LogP contribution is 2.07.